The van der Waals surface area contributed by atoms with Gasteiger partial charge in [-0.25, -0.2) is 0 Å². The van der Waals surface area contributed by atoms with Gasteiger partial charge in [0.25, 0.3) is 0 Å². The monoisotopic (exact) mass is 242 g/mol. The molecule has 1 fully saturated rings. The van der Waals surface area contributed by atoms with E-state index in [9.17, 15) is 4.79 Å². The number of nitrogens with one attached hydrogen (secondary N) is 2. The maximum Gasteiger partial charge on any atom is 0.246 e. The van der Waals surface area contributed by atoms with Gasteiger partial charge in [0.15, 0.2) is 0 Å². The summed E-state index contributed by atoms with van der Waals surface area (Å²) in [7, 11) is 0. The topological polar surface area (TPSA) is 50.4 Å². The summed E-state index contributed by atoms with van der Waals surface area (Å²) in [5.41, 5.74) is 0. The van der Waals surface area contributed by atoms with E-state index in [1.807, 2.05) is 0 Å². The first-order valence-electron chi connectivity index (χ1n) is 6.81. The highest BCUT2D eigenvalue weighted by Crippen LogP contribution is 2.11. The Morgan fingerprint density at radius 1 is 1.47 bits per heavy atom. The summed E-state index contributed by atoms with van der Waals surface area (Å²) in [5, 5.41) is 6.35. The van der Waals surface area contributed by atoms with Crippen LogP contribution in [-0.2, 0) is 9.53 Å². The van der Waals surface area contributed by atoms with Crippen molar-refractivity contribution in [2.45, 2.75) is 64.6 Å². The van der Waals surface area contributed by atoms with Crippen molar-refractivity contribution >= 4 is 5.91 Å². The third kappa shape index (κ3) is 5.04. The molecule has 2 atom stereocenters. The molecule has 0 aliphatic carbocycles. The molecule has 0 radical (unpaired) electrons. The first kappa shape index (κ1) is 14.5. The molecule has 17 heavy (non-hydrogen) atoms. The second-order valence-corrected chi connectivity index (χ2v) is 4.82. The quantitative estimate of drug-likeness (QED) is 0.741. The number of rotatable bonds is 6. The lowest BCUT2D eigenvalue weighted by Crippen LogP contribution is -2.46. The van der Waals surface area contributed by atoms with Crippen LogP contribution in [-0.4, -0.2) is 37.2 Å². The van der Waals surface area contributed by atoms with E-state index in [2.05, 4.69) is 31.4 Å². The van der Waals surface area contributed by atoms with E-state index in [1.54, 1.807) is 0 Å². The maximum atomic E-state index is 11.7. The normalized spacial score (nSPS) is 24.9. The summed E-state index contributed by atoms with van der Waals surface area (Å²) in [6.07, 6.45) is 4.30. The summed E-state index contributed by atoms with van der Waals surface area (Å²) in [6, 6.07) is 0.637. The maximum absolute atomic E-state index is 11.7. The summed E-state index contributed by atoms with van der Waals surface area (Å²) in [6.45, 7) is 7.53. The van der Waals surface area contributed by atoms with Gasteiger partial charge in [-0.15, -0.1) is 0 Å². The molecular weight excluding hydrogens is 216 g/mol. The molecule has 0 bridgehead atoms. The van der Waals surface area contributed by atoms with Gasteiger partial charge in [-0.3, -0.25) is 4.79 Å². The second-order valence-electron chi connectivity index (χ2n) is 4.82. The van der Waals surface area contributed by atoms with Crippen LogP contribution in [0.3, 0.4) is 0 Å². The highest BCUT2D eigenvalue weighted by molar-refractivity contribution is 5.77. The van der Waals surface area contributed by atoms with Gasteiger partial charge in [0, 0.05) is 12.1 Å². The van der Waals surface area contributed by atoms with Gasteiger partial charge in [0.2, 0.25) is 5.91 Å². The Morgan fingerprint density at radius 3 is 2.76 bits per heavy atom. The molecule has 4 heteroatoms. The standard InChI is InChI=1S/C13H26N2O2/c1-4-11(5-2)15-13(16)9-17-12-7-6-8-14-10(12)3/h10-12,14H,4-9H2,1-3H3,(H,15,16). The summed E-state index contributed by atoms with van der Waals surface area (Å²) in [4.78, 5) is 11.7. The summed E-state index contributed by atoms with van der Waals surface area (Å²) >= 11 is 0. The Balaban J connectivity index is 2.22. The van der Waals surface area contributed by atoms with E-state index in [0.717, 1.165) is 32.2 Å². The Kier molecular flexibility index (Phi) is 6.52. The van der Waals surface area contributed by atoms with Crippen LogP contribution in [0.1, 0.15) is 46.5 Å². The molecule has 1 rings (SSSR count). The number of ether oxygens (including phenoxy) is 1. The van der Waals surface area contributed by atoms with Gasteiger partial charge < -0.3 is 15.4 Å². The SMILES string of the molecule is CCC(CC)NC(=O)COC1CCCNC1C. The van der Waals surface area contributed by atoms with Crippen LogP contribution in [0.5, 0.6) is 0 Å². The molecule has 100 valence electrons. The van der Waals surface area contributed by atoms with Crippen LogP contribution in [0, 0.1) is 0 Å². The Bertz CT molecular complexity index is 229. The van der Waals surface area contributed by atoms with E-state index in [4.69, 9.17) is 4.74 Å². The number of hydrogen-bond donors (Lipinski definition) is 2. The minimum absolute atomic E-state index is 0.0106. The molecule has 0 aromatic carbocycles. The number of hydrogen-bond acceptors (Lipinski definition) is 3. The minimum atomic E-state index is 0.0106. The zero-order valence-electron chi connectivity index (χ0n) is 11.3. The zero-order valence-corrected chi connectivity index (χ0v) is 11.3. The van der Waals surface area contributed by atoms with Crippen molar-refractivity contribution in [1.82, 2.24) is 10.6 Å². The Morgan fingerprint density at radius 2 is 2.18 bits per heavy atom. The van der Waals surface area contributed by atoms with Crippen LogP contribution in [0.25, 0.3) is 0 Å². The van der Waals surface area contributed by atoms with E-state index in [0.29, 0.717) is 6.04 Å². The van der Waals surface area contributed by atoms with Gasteiger partial charge >= 0.3 is 0 Å². The molecule has 0 saturated carbocycles. The highest BCUT2D eigenvalue weighted by Gasteiger charge is 2.22. The van der Waals surface area contributed by atoms with Crippen molar-refractivity contribution in [3.8, 4) is 0 Å². The van der Waals surface area contributed by atoms with E-state index in [-0.39, 0.29) is 24.7 Å². The van der Waals surface area contributed by atoms with Crippen LogP contribution >= 0.6 is 0 Å². The predicted octanol–water partition coefficient (Wildman–Crippen LogP) is 1.45. The number of amides is 1. The third-order valence-corrected chi connectivity index (χ3v) is 3.47. The molecule has 1 saturated heterocycles. The zero-order chi connectivity index (χ0) is 12.7. The van der Waals surface area contributed by atoms with Crippen molar-refractivity contribution in [2.24, 2.45) is 0 Å². The lowest BCUT2D eigenvalue weighted by molar-refractivity contribution is -0.129. The number of piperidine rings is 1. The van der Waals surface area contributed by atoms with E-state index < -0.39 is 0 Å². The summed E-state index contributed by atoms with van der Waals surface area (Å²) in [5.74, 6) is 0.0106. The molecule has 1 amide bonds. The smallest absolute Gasteiger partial charge is 0.246 e. The molecule has 2 N–H and O–H groups in total. The third-order valence-electron chi connectivity index (χ3n) is 3.47. The molecule has 1 aliphatic rings. The second kappa shape index (κ2) is 7.67. The molecule has 0 spiro atoms. The van der Waals surface area contributed by atoms with Gasteiger partial charge in [0.1, 0.15) is 6.61 Å². The molecule has 1 aliphatic heterocycles. The van der Waals surface area contributed by atoms with Crippen LogP contribution in [0.2, 0.25) is 0 Å². The van der Waals surface area contributed by atoms with E-state index >= 15 is 0 Å². The number of carbonyl (C=O) groups is 1. The number of carbonyl (C=O) groups excluding carboxylic acids is 1. The van der Waals surface area contributed by atoms with Crippen LogP contribution in [0.4, 0.5) is 0 Å². The van der Waals surface area contributed by atoms with Gasteiger partial charge in [-0.05, 0) is 39.2 Å². The fourth-order valence-corrected chi connectivity index (χ4v) is 2.19. The Labute approximate surface area is 104 Å². The van der Waals surface area contributed by atoms with E-state index in [1.165, 1.54) is 0 Å². The minimum Gasteiger partial charge on any atom is -0.367 e. The molecular formula is C13H26N2O2. The van der Waals surface area contributed by atoms with Gasteiger partial charge in [-0.1, -0.05) is 13.8 Å². The fourth-order valence-electron chi connectivity index (χ4n) is 2.19. The van der Waals surface area contributed by atoms with Gasteiger partial charge in [0.05, 0.1) is 6.10 Å². The molecule has 1 heterocycles. The summed E-state index contributed by atoms with van der Waals surface area (Å²) < 4.78 is 5.67. The van der Waals surface area contributed by atoms with Gasteiger partial charge in [-0.2, -0.15) is 0 Å². The first-order valence-corrected chi connectivity index (χ1v) is 6.81. The molecule has 0 aromatic heterocycles. The van der Waals surface area contributed by atoms with Crippen LogP contribution in [0.15, 0.2) is 0 Å². The van der Waals surface area contributed by atoms with Crippen molar-refractivity contribution in [3.63, 3.8) is 0 Å². The lowest BCUT2D eigenvalue weighted by Gasteiger charge is -2.29. The largest absolute Gasteiger partial charge is 0.367 e. The average Bonchev–Trinajstić information content (AvgIpc) is 2.35. The fraction of sp³-hybridized carbons (Fsp3) is 0.923. The Hall–Kier alpha value is -0.610. The molecule has 2 unspecified atom stereocenters. The predicted molar refractivity (Wildman–Crippen MR) is 69.0 cm³/mol. The lowest BCUT2D eigenvalue weighted by atomic mass is 10.0. The molecule has 0 aromatic rings. The van der Waals surface area contributed by atoms with Crippen molar-refractivity contribution in [2.75, 3.05) is 13.2 Å². The average molecular weight is 242 g/mol. The van der Waals surface area contributed by atoms with Crippen LogP contribution < -0.4 is 10.6 Å². The van der Waals surface area contributed by atoms with Crippen molar-refractivity contribution < 1.29 is 9.53 Å². The molecule has 4 nitrogen and oxygen atoms in total. The first-order chi connectivity index (χ1) is 8.17. The van der Waals surface area contributed by atoms with Crippen molar-refractivity contribution in [3.05, 3.63) is 0 Å². The van der Waals surface area contributed by atoms with Crippen molar-refractivity contribution in [1.29, 1.82) is 0 Å². The highest BCUT2D eigenvalue weighted by atomic mass is 16.5.